The number of β-amino-alcohol motifs (C(OH)–C–C–N with tert-alkyl or cyclic N) is 1. The van der Waals surface area contributed by atoms with E-state index in [1.54, 1.807) is 12.1 Å². The maximum Gasteiger partial charge on any atom is 0.269 e. The summed E-state index contributed by atoms with van der Waals surface area (Å²) in [6.45, 7) is 2.57. The summed E-state index contributed by atoms with van der Waals surface area (Å²) in [5.41, 5.74) is 0.653. The van der Waals surface area contributed by atoms with Crippen LogP contribution in [0.4, 0.5) is 5.69 Å². The third-order valence-electron chi connectivity index (χ3n) is 3.35. The summed E-state index contributed by atoms with van der Waals surface area (Å²) in [6.07, 6.45) is 2.94. The summed E-state index contributed by atoms with van der Waals surface area (Å²) in [6, 6.07) is 6.25. The van der Waals surface area contributed by atoms with Crippen LogP contribution in [-0.4, -0.2) is 34.6 Å². The predicted molar refractivity (Wildman–Crippen MR) is 68.3 cm³/mol. The van der Waals surface area contributed by atoms with Crippen LogP contribution in [-0.2, 0) is 0 Å². The second-order valence-electron chi connectivity index (χ2n) is 4.73. The molecular weight excluding hydrogens is 232 g/mol. The molecule has 0 aromatic heterocycles. The number of hydrogen-bond donors (Lipinski definition) is 1. The Hall–Kier alpha value is -1.46. The van der Waals surface area contributed by atoms with E-state index in [1.807, 2.05) is 0 Å². The maximum absolute atomic E-state index is 10.7. The van der Waals surface area contributed by atoms with Crippen molar-refractivity contribution in [3.63, 3.8) is 0 Å². The van der Waals surface area contributed by atoms with Crippen LogP contribution < -0.4 is 0 Å². The predicted octanol–water partition coefficient (Wildman–Crippen LogP) is 2.11. The fourth-order valence-electron chi connectivity index (χ4n) is 2.34. The van der Waals surface area contributed by atoms with Crippen molar-refractivity contribution in [2.45, 2.75) is 25.4 Å². The lowest BCUT2D eigenvalue weighted by molar-refractivity contribution is -0.385. The summed E-state index contributed by atoms with van der Waals surface area (Å²) in [5.74, 6) is 0. The summed E-state index contributed by atoms with van der Waals surface area (Å²) in [4.78, 5) is 12.5. The van der Waals surface area contributed by atoms with Gasteiger partial charge >= 0.3 is 0 Å². The van der Waals surface area contributed by atoms with Crippen LogP contribution in [0, 0.1) is 10.1 Å². The zero-order valence-corrected chi connectivity index (χ0v) is 10.3. The number of likely N-dealkylation sites (tertiary alicyclic amines) is 1. The second-order valence-corrected chi connectivity index (χ2v) is 4.73. The third kappa shape index (κ3) is 3.27. The number of nitrogens with zero attached hydrogens (tertiary/aromatic N) is 2. The molecule has 1 aliphatic heterocycles. The molecule has 1 fully saturated rings. The Morgan fingerprint density at radius 2 is 2.06 bits per heavy atom. The zero-order chi connectivity index (χ0) is 13.0. The minimum atomic E-state index is -0.650. The first kappa shape index (κ1) is 13.0. The Balaban J connectivity index is 2.01. The van der Waals surface area contributed by atoms with E-state index in [2.05, 4.69) is 4.90 Å². The van der Waals surface area contributed by atoms with Gasteiger partial charge in [-0.25, -0.2) is 0 Å². The van der Waals surface area contributed by atoms with Gasteiger partial charge in [0.15, 0.2) is 0 Å². The average molecular weight is 250 g/mol. The number of nitro benzene ring substituents is 1. The molecule has 98 valence electrons. The first-order valence-corrected chi connectivity index (χ1v) is 6.31. The van der Waals surface area contributed by atoms with Crippen molar-refractivity contribution in [1.29, 1.82) is 0 Å². The van der Waals surface area contributed by atoms with Gasteiger partial charge in [-0.05, 0) is 31.5 Å². The molecule has 1 N–H and O–H groups in total. The highest BCUT2D eigenvalue weighted by Gasteiger charge is 2.17. The lowest BCUT2D eigenvalue weighted by atomic mass is 10.1. The molecule has 1 unspecified atom stereocenters. The van der Waals surface area contributed by atoms with E-state index in [4.69, 9.17) is 0 Å². The van der Waals surface area contributed by atoms with Crippen LogP contribution in [0.1, 0.15) is 30.9 Å². The van der Waals surface area contributed by atoms with Crippen LogP contribution in [0.5, 0.6) is 0 Å². The smallest absolute Gasteiger partial charge is 0.269 e. The molecule has 0 spiro atoms. The normalized spacial score (nSPS) is 18.5. The van der Waals surface area contributed by atoms with Crippen molar-refractivity contribution in [1.82, 2.24) is 4.90 Å². The molecule has 1 aliphatic rings. The number of nitro groups is 1. The summed E-state index contributed by atoms with van der Waals surface area (Å²) in [7, 11) is 0. The first-order valence-electron chi connectivity index (χ1n) is 6.31. The highest BCUT2D eigenvalue weighted by Crippen LogP contribution is 2.21. The molecule has 0 amide bonds. The topological polar surface area (TPSA) is 66.6 Å². The number of non-ortho nitro benzene ring substituents is 1. The molecule has 1 saturated heterocycles. The molecule has 0 saturated carbocycles. The van der Waals surface area contributed by atoms with Crippen molar-refractivity contribution in [3.8, 4) is 0 Å². The molecule has 0 bridgehead atoms. The van der Waals surface area contributed by atoms with Crippen LogP contribution >= 0.6 is 0 Å². The van der Waals surface area contributed by atoms with Crippen molar-refractivity contribution in [3.05, 3.63) is 39.9 Å². The van der Waals surface area contributed by atoms with Gasteiger partial charge in [-0.15, -0.1) is 0 Å². The Morgan fingerprint density at radius 1 is 1.33 bits per heavy atom. The molecule has 1 aromatic carbocycles. The second kappa shape index (κ2) is 5.93. The summed E-state index contributed by atoms with van der Waals surface area (Å²) in [5, 5.41) is 20.8. The van der Waals surface area contributed by atoms with Crippen molar-refractivity contribution >= 4 is 5.69 Å². The SMILES string of the molecule is O=[N+]([O-])c1cccc(C(O)CN2CCCCC2)c1. The summed E-state index contributed by atoms with van der Waals surface area (Å²) < 4.78 is 0. The Bertz CT molecular complexity index is 416. The van der Waals surface area contributed by atoms with Crippen molar-refractivity contribution < 1.29 is 10.0 Å². The quantitative estimate of drug-likeness (QED) is 0.656. The molecule has 0 aliphatic carbocycles. The van der Waals surface area contributed by atoms with E-state index in [1.165, 1.54) is 31.4 Å². The van der Waals surface area contributed by atoms with Crippen molar-refractivity contribution in [2.24, 2.45) is 0 Å². The van der Waals surface area contributed by atoms with Crippen LogP contribution in [0.2, 0.25) is 0 Å². The standard InChI is InChI=1S/C13H18N2O3/c16-13(10-14-7-2-1-3-8-14)11-5-4-6-12(9-11)15(17)18/h4-6,9,13,16H,1-3,7-8,10H2. The molecule has 0 radical (unpaired) electrons. The number of benzene rings is 1. The van der Waals surface area contributed by atoms with Gasteiger partial charge in [0, 0.05) is 18.7 Å². The van der Waals surface area contributed by atoms with Gasteiger partial charge in [0.2, 0.25) is 0 Å². The molecule has 1 aromatic rings. The zero-order valence-electron chi connectivity index (χ0n) is 10.3. The van der Waals surface area contributed by atoms with Gasteiger partial charge in [-0.1, -0.05) is 18.6 Å². The van der Waals surface area contributed by atoms with Gasteiger partial charge in [-0.2, -0.15) is 0 Å². The van der Waals surface area contributed by atoms with Crippen molar-refractivity contribution in [2.75, 3.05) is 19.6 Å². The fourth-order valence-corrected chi connectivity index (χ4v) is 2.34. The van der Waals surface area contributed by atoms with Gasteiger partial charge in [0.1, 0.15) is 0 Å². The number of aliphatic hydroxyl groups is 1. The largest absolute Gasteiger partial charge is 0.387 e. The van der Waals surface area contributed by atoms with Crippen LogP contribution in [0.15, 0.2) is 24.3 Å². The maximum atomic E-state index is 10.7. The average Bonchev–Trinajstić information content (AvgIpc) is 2.40. The lowest BCUT2D eigenvalue weighted by Gasteiger charge is -2.28. The van der Waals surface area contributed by atoms with Gasteiger partial charge in [0.25, 0.3) is 5.69 Å². The van der Waals surface area contributed by atoms with Crippen LogP contribution in [0.3, 0.4) is 0 Å². The lowest BCUT2D eigenvalue weighted by Crippen LogP contribution is -2.33. The van der Waals surface area contributed by atoms with E-state index in [-0.39, 0.29) is 5.69 Å². The number of piperidine rings is 1. The first-order chi connectivity index (χ1) is 8.66. The molecule has 1 atom stereocenters. The van der Waals surface area contributed by atoms with E-state index in [9.17, 15) is 15.2 Å². The highest BCUT2D eigenvalue weighted by molar-refractivity contribution is 5.35. The molecule has 2 rings (SSSR count). The van der Waals surface area contributed by atoms with E-state index in [0.717, 1.165) is 13.1 Å². The van der Waals surface area contributed by atoms with E-state index < -0.39 is 11.0 Å². The van der Waals surface area contributed by atoms with E-state index in [0.29, 0.717) is 12.1 Å². The molecule has 18 heavy (non-hydrogen) atoms. The van der Waals surface area contributed by atoms with Gasteiger partial charge < -0.3 is 10.0 Å². The minimum absolute atomic E-state index is 0.0326. The highest BCUT2D eigenvalue weighted by atomic mass is 16.6. The van der Waals surface area contributed by atoms with Gasteiger partial charge in [0.05, 0.1) is 11.0 Å². The monoisotopic (exact) mass is 250 g/mol. The fraction of sp³-hybridized carbons (Fsp3) is 0.538. The molecule has 5 heteroatoms. The molecular formula is C13H18N2O3. The number of aliphatic hydroxyl groups excluding tert-OH is 1. The van der Waals surface area contributed by atoms with E-state index >= 15 is 0 Å². The molecule has 5 nitrogen and oxygen atoms in total. The third-order valence-corrected chi connectivity index (χ3v) is 3.35. The number of hydrogen-bond acceptors (Lipinski definition) is 4. The Kier molecular flexibility index (Phi) is 4.28. The Labute approximate surface area is 106 Å². The summed E-state index contributed by atoms with van der Waals surface area (Å²) >= 11 is 0. The van der Waals surface area contributed by atoms with Crippen LogP contribution in [0.25, 0.3) is 0 Å². The molecule has 1 heterocycles. The Morgan fingerprint density at radius 3 is 2.72 bits per heavy atom. The number of rotatable bonds is 4. The van der Waals surface area contributed by atoms with Gasteiger partial charge in [-0.3, -0.25) is 10.1 Å². The minimum Gasteiger partial charge on any atom is -0.387 e.